The molecule has 4 heteroatoms. The summed E-state index contributed by atoms with van der Waals surface area (Å²) in [6.07, 6.45) is 0. The van der Waals surface area contributed by atoms with E-state index >= 15 is 0 Å². The van der Waals surface area contributed by atoms with Crippen LogP contribution in [-0.2, 0) is 34.1 Å². The minimum atomic E-state index is 0. The molecule has 0 aliphatic heterocycles. The standard InChI is InChI=1S/Al.Cu.Fe.P. The van der Waals surface area contributed by atoms with Crippen LogP contribution in [0.2, 0.25) is 0 Å². The van der Waals surface area contributed by atoms with Gasteiger partial charge in [0.15, 0.2) is 0 Å². The fourth-order valence-corrected chi connectivity index (χ4v) is 0. The second-order valence-corrected chi connectivity index (χ2v) is 0. The van der Waals surface area contributed by atoms with Crippen molar-refractivity contribution in [2.45, 2.75) is 0 Å². The molecule has 27 valence electrons. The monoisotopic (exact) mass is 177 g/mol. The van der Waals surface area contributed by atoms with Crippen LogP contribution in [0.25, 0.3) is 0 Å². The van der Waals surface area contributed by atoms with Crippen LogP contribution in [0, 0.1) is 0 Å². The van der Waals surface area contributed by atoms with Crippen molar-refractivity contribution in [3.63, 3.8) is 0 Å². The molecular weight excluding hydrogens is 177 g/mol. The molecule has 7 radical (unpaired) electrons. The van der Waals surface area contributed by atoms with Crippen molar-refractivity contribution < 1.29 is 34.1 Å². The topological polar surface area (TPSA) is 0 Å². The quantitative estimate of drug-likeness (QED) is 0.373. The molecule has 0 bridgehead atoms. The summed E-state index contributed by atoms with van der Waals surface area (Å²) in [5.74, 6) is 0. The summed E-state index contributed by atoms with van der Waals surface area (Å²) in [6, 6.07) is 0. The molecule has 0 fully saturated rings. The molecule has 0 N–H and O–H groups in total. The zero-order valence-corrected chi connectivity index (χ0v) is 5.77. The summed E-state index contributed by atoms with van der Waals surface area (Å²) < 4.78 is 0. The minimum absolute atomic E-state index is 0. The molecule has 0 saturated carbocycles. The smallest absolute Gasteiger partial charge is 0 e. The first-order valence-corrected chi connectivity index (χ1v) is 0. The van der Waals surface area contributed by atoms with Gasteiger partial charge in [0.1, 0.15) is 0 Å². The number of hydrogen-bond acceptors (Lipinski definition) is 0. The molecule has 0 unspecified atom stereocenters. The summed E-state index contributed by atoms with van der Waals surface area (Å²) >= 11 is 0. The van der Waals surface area contributed by atoms with Crippen LogP contribution in [-0.4, -0.2) is 17.4 Å². The first kappa shape index (κ1) is 37.5. The van der Waals surface area contributed by atoms with Crippen LogP contribution >= 0.6 is 9.90 Å². The van der Waals surface area contributed by atoms with Crippen LogP contribution in [0.1, 0.15) is 0 Å². The Labute approximate surface area is 61.2 Å². The maximum Gasteiger partial charge on any atom is 0 e. The van der Waals surface area contributed by atoms with Gasteiger partial charge in [0.2, 0.25) is 0 Å². The second kappa shape index (κ2) is 20.0. The van der Waals surface area contributed by atoms with E-state index < -0.39 is 0 Å². The largest absolute Gasteiger partial charge is 0 e. The van der Waals surface area contributed by atoms with E-state index in [1.165, 1.54) is 0 Å². The van der Waals surface area contributed by atoms with E-state index in [4.69, 9.17) is 0 Å². The van der Waals surface area contributed by atoms with Crippen molar-refractivity contribution in [3.8, 4) is 0 Å². The summed E-state index contributed by atoms with van der Waals surface area (Å²) in [5.41, 5.74) is 0. The molecule has 0 aliphatic carbocycles. The van der Waals surface area contributed by atoms with Crippen molar-refractivity contribution in [1.29, 1.82) is 0 Å². The predicted molar refractivity (Wildman–Crippen MR) is 12.7 cm³/mol. The van der Waals surface area contributed by atoms with Gasteiger partial charge in [0.25, 0.3) is 0 Å². The zero-order chi connectivity index (χ0) is 0. The van der Waals surface area contributed by atoms with Crippen molar-refractivity contribution in [1.82, 2.24) is 0 Å². The Morgan fingerprint density at radius 3 is 1.00 bits per heavy atom. The van der Waals surface area contributed by atoms with Crippen LogP contribution < -0.4 is 0 Å². The minimum Gasteiger partial charge on any atom is 0 e. The maximum absolute atomic E-state index is 0. The summed E-state index contributed by atoms with van der Waals surface area (Å²) in [6.45, 7) is 0. The molecule has 0 aliphatic rings. The molecule has 0 nitrogen and oxygen atoms in total. The van der Waals surface area contributed by atoms with Gasteiger partial charge in [-0.1, -0.05) is 0 Å². The van der Waals surface area contributed by atoms with Gasteiger partial charge >= 0.3 is 0 Å². The van der Waals surface area contributed by atoms with E-state index in [2.05, 4.69) is 0 Å². The van der Waals surface area contributed by atoms with Crippen molar-refractivity contribution in [3.05, 3.63) is 0 Å². The Balaban J connectivity index is 0. The van der Waals surface area contributed by atoms with E-state index in [-0.39, 0.29) is 61.4 Å². The number of hydrogen-bond donors (Lipinski definition) is 0. The van der Waals surface area contributed by atoms with Crippen LogP contribution in [0.3, 0.4) is 0 Å². The Hall–Kier alpha value is 2.00. The van der Waals surface area contributed by atoms with Crippen molar-refractivity contribution in [2.75, 3.05) is 0 Å². The molecule has 0 amide bonds. The van der Waals surface area contributed by atoms with Gasteiger partial charge in [-0.25, -0.2) is 0 Å². The average Bonchev–Trinajstić information content (AvgIpc) is 0. The van der Waals surface area contributed by atoms with Crippen molar-refractivity contribution in [2.24, 2.45) is 0 Å². The molecular formula is AlCuFeP. The van der Waals surface area contributed by atoms with Gasteiger partial charge in [-0.3, -0.25) is 0 Å². The Kier molecular flexibility index (Phi) is 187. The normalized spacial score (nSPS) is 0. The van der Waals surface area contributed by atoms with Crippen LogP contribution in [0.5, 0.6) is 0 Å². The van der Waals surface area contributed by atoms with Crippen LogP contribution in [0.4, 0.5) is 0 Å². The Bertz CT molecular complexity index is 8.00. The SMILES string of the molecule is [Al].[Cu].[Fe].[P]. The molecule has 0 aromatic rings. The predicted octanol–water partition coefficient (Wildman–Crippen LogP) is 0.475. The third-order valence-corrected chi connectivity index (χ3v) is 0. The molecule has 0 rings (SSSR count). The maximum atomic E-state index is 0. The Morgan fingerprint density at radius 2 is 1.00 bits per heavy atom. The van der Waals surface area contributed by atoms with E-state index in [0.717, 1.165) is 0 Å². The molecule has 0 aromatic carbocycles. The third-order valence-electron chi connectivity index (χ3n) is 0. The molecule has 0 saturated heterocycles. The molecule has 0 atom stereocenters. The summed E-state index contributed by atoms with van der Waals surface area (Å²) in [5, 5.41) is 0. The van der Waals surface area contributed by atoms with Gasteiger partial charge < -0.3 is 0 Å². The molecule has 0 heterocycles. The molecule has 4 heavy (non-hydrogen) atoms. The fraction of sp³-hybridized carbons (Fsp3) is 0. The molecule has 0 spiro atoms. The fourth-order valence-electron chi connectivity index (χ4n) is 0. The second-order valence-electron chi connectivity index (χ2n) is 0. The summed E-state index contributed by atoms with van der Waals surface area (Å²) in [7, 11) is 0. The Morgan fingerprint density at radius 1 is 1.00 bits per heavy atom. The zero-order valence-electron chi connectivity index (χ0n) is 1.68. The van der Waals surface area contributed by atoms with E-state index in [9.17, 15) is 0 Å². The number of rotatable bonds is 0. The third kappa shape index (κ3) is 9.00. The van der Waals surface area contributed by atoms with E-state index in [0.29, 0.717) is 0 Å². The van der Waals surface area contributed by atoms with Gasteiger partial charge in [0, 0.05) is 61.4 Å². The summed E-state index contributed by atoms with van der Waals surface area (Å²) in [4.78, 5) is 0. The van der Waals surface area contributed by atoms with Gasteiger partial charge in [0.05, 0.1) is 0 Å². The van der Waals surface area contributed by atoms with Gasteiger partial charge in [-0.2, -0.15) is 0 Å². The first-order valence-electron chi connectivity index (χ1n) is 0. The van der Waals surface area contributed by atoms with E-state index in [1.807, 2.05) is 0 Å². The van der Waals surface area contributed by atoms with Gasteiger partial charge in [-0.05, 0) is 0 Å². The van der Waals surface area contributed by atoms with Gasteiger partial charge in [-0.15, -0.1) is 0 Å². The van der Waals surface area contributed by atoms with Crippen LogP contribution in [0.15, 0.2) is 0 Å². The molecule has 0 aromatic heterocycles. The van der Waals surface area contributed by atoms with Crippen molar-refractivity contribution >= 4 is 27.3 Å². The first-order chi connectivity index (χ1) is 0. The van der Waals surface area contributed by atoms with E-state index in [1.54, 1.807) is 0 Å². The average molecular weight is 177 g/mol.